The number of benzene rings is 1. The Morgan fingerprint density at radius 1 is 1.12 bits per heavy atom. The lowest BCUT2D eigenvalue weighted by Gasteiger charge is -2.07. The summed E-state index contributed by atoms with van der Waals surface area (Å²) in [6.45, 7) is 0. The number of halogens is 3. The molecule has 132 valence electrons. The second kappa shape index (κ2) is 6.11. The van der Waals surface area contributed by atoms with Gasteiger partial charge in [-0.3, -0.25) is 0 Å². The first-order valence-corrected chi connectivity index (χ1v) is 7.45. The maximum atomic E-state index is 13.0. The number of aliphatic imine (C=N–C) groups is 2. The Morgan fingerprint density at radius 3 is 2.28 bits per heavy atom. The van der Waals surface area contributed by atoms with Crippen LogP contribution >= 0.6 is 0 Å². The molecule has 0 spiro atoms. The van der Waals surface area contributed by atoms with Crippen LogP contribution in [0.5, 0.6) is 0 Å². The number of nitrogens with two attached hydrogens (primary N) is 3. The molecule has 1 fully saturated rings. The zero-order valence-electron chi connectivity index (χ0n) is 13.0. The van der Waals surface area contributed by atoms with Crippen molar-refractivity contribution in [3.63, 3.8) is 0 Å². The molecule has 0 bridgehead atoms. The summed E-state index contributed by atoms with van der Waals surface area (Å²) in [7, 11) is 0. The molecule has 1 aromatic carbocycles. The SMILES string of the molecule is NC(N)=NC(N)=Nc1ccc(-n2nc(C(F)(F)F)cc2C2CC2)cc1. The third kappa shape index (κ3) is 3.90. The fourth-order valence-electron chi connectivity index (χ4n) is 2.37. The molecule has 10 heteroatoms. The van der Waals surface area contributed by atoms with Crippen LogP contribution in [-0.4, -0.2) is 21.7 Å². The highest BCUT2D eigenvalue weighted by atomic mass is 19.4. The van der Waals surface area contributed by atoms with E-state index in [9.17, 15) is 13.2 Å². The second-order valence-corrected chi connectivity index (χ2v) is 5.66. The van der Waals surface area contributed by atoms with Gasteiger partial charge in [0, 0.05) is 11.6 Å². The van der Waals surface area contributed by atoms with Crippen LogP contribution in [0, 0.1) is 0 Å². The summed E-state index contributed by atoms with van der Waals surface area (Å²) in [5, 5.41) is 3.72. The summed E-state index contributed by atoms with van der Waals surface area (Å²) in [5.74, 6) is -0.230. The molecule has 0 atom stereocenters. The van der Waals surface area contributed by atoms with Crippen molar-refractivity contribution in [1.29, 1.82) is 0 Å². The van der Waals surface area contributed by atoms with Gasteiger partial charge in [0.05, 0.1) is 11.4 Å². The molecule has 0 aliphatic heterocycles. The normalized spacial score (nSPS) is 15.2. The van der Waals surface area contributed by atoms with Gasteiger partial charge in [0.2, 0.25) is 5.96 Å². The van der Waals surface area contributed by atoms with Gasteiger partial charge in [0.25, 0.3) is 0 Å². The van der Waals surface area contributed by atoms with E-state index in [-0.39, 0.29) is 17.8 Å². The molecule has 6 N–H and O–H groups in total. The van der Waals surface area contributed by atoms with E-state index in [1.807, 2.05) is 0 Å². The van der Waals surface area contributed by atoms with Crippen LogP contribution in [0.2, 0.25) is 0 Å². The average molecular weight is 351 g/mol. The number of nitrogens with zero attached hydrogens (tertiary/aromatic N) is 4. The predicted molar refractivity (Wildman–Crippen MR) is 87.6 cm³/mol. The smallest absolute Gasteiger partial charge is 0.370 e. The van der Waals surface area contributed by atoms with Gasteiger partial charge >= 0.3 is 6.18 Å². The van der Waals surface area contributed by atoms with Crippen molar-refractivity contribution < 1.29 is 13.2 Å². The van der Waals surface area contributed by atoms with E-state index in [1.54, 1.807) is 24.3 Å². The quantitative estimate of drug-likeness (QED) is 0.578. The number of hydrogen-bond donors (Lipinski definition) is 3. The van der Waals surface area contributed by atoms with E-state index < -0.39 is 11.9 Å². The minimum Gasteiger partial charge on any atom is -0.370 e. The first-order valence-electron chi connectivity index (χ1n) is 7.45. The van der Waals surface area contributed by atoms with Crippen LogP contribution < -0.4 is 17.2 Å². The maximum Gasteiger partial charge on any atom is 0.435 e. The molecule has 0 amide bonds. The van der Waals surface area contributed by atoms with Crippen molar-refractivity contribution in [2.24, 2.45) is 27.2 Å². The molecule has 0 radical (unpaired) electrons. The van der Waals surface area contributed by atoms with Crippen LogP contribution in [0.3, 0.4) is 0 Å². The van der Waals surface area contributed by atoms with E-state index in [0.717, 1.165) is 18.9 Å². The van der Waals surface area contributed by atoms with Gasteiger partial charge in [-0.1, -0.05) is 0 Å². The summed E-state index contributed by atoms with van der Waals surface area (Å²) in [6.07, 6.45) is -2.76. The molecule has 7 nitrogen and oxygen atoms in total. The summed E-state index contributed by atoms with van der Waals surface area (Å²) < 4.78 is 40.2. The van der Waals surface area contributed by atoms with Crippen molar-refractivity contribution >= 4 is 17.6 Å². The fourth-order valence-corrected chi connectivity index (χ4v) is 2.37. The van der Waals surface area contributed by atoms with E-state index in [4.69, 9.17) is 17.2 Å². The highest BCUT2D eigenvalue weighted by Gasteiger charge is 2.38. The van der Waals surface area contributed by atoms with Crippen LogP contribution in [0.15, 0.2) is 40.3 Å². The Hall–Kier alpha value is -3.04. The molecular formula is C15H16F3N7. The standard InChI is InChI=1S/C15H16F3N7/c16-15(17,18)12-7-11(8-1-2-8)25(24-12)10-5-3-9(4-6-10)22-14(21)23-13(19)20/h3-8H,1-2H2,(H6,19,20,21,22,23). The topological polar surface area (TPSA) is 121 Å². The summed E-state index contributed by atoms with van der Waals surface area (Å²) in [6, 6.07) is 7.52. The van der Waals surface area contributed by atoms with E-state index in [0.29, 0.717) is 17.1 Å². The Balaban J connectivity index is 1.92. The van der Waals surface area contributed by atoms with Crippen LogP contribution in [-0.2, 0) is 6.18 Å². The zero-order valence-corrected chi connectivity index (χ0v) is 13.0. The molecule has 25 heavy (non-hydrogen) atoms. The lowest BCUT2D eigenvalue weighted by Crippen LogP contribution is -2.26. The molecule has 0 saturated heterocycles. The fraction of sp³-hybridized carbons (Fsp3) is 0.267. The van der Waals surface area contributed by atoms with Crippen molar-refractivity contribution in [2.45, 2.75) is 24.9 Å². The van der Waals surface area contributed by atoms with Crippen molar-refractivity contribution in [2.75, 3.05) is 0 Å². The summed E-state index contributed by atoms with van der Waals surface area (Å²) >= 11 is 0. The first kappa shape index (κ1) is 16.8. The van der Waals surface area contributed by atoms with Crippen LogP contribution in [0.1, 0.15) is 30.1 Å². The van der Waals surface area contributed by atoms with Gasteiger partial charge in [0.1, 0.15) is 0 Å². The van der Waals surface area contributed by atoms with E-state index >= 15 is 0 Å². The number of rotatable bonds is 3. The molecule has 1 saturated carbocycles. The minimum absolute atomic E-state index is 0.110. The highest BCUT2D eigenvalue weighted by molar-refractivity contribution is 5.93. The average Bonchev–Trinajstić information content (AvgIpc) is 3.24. The van der Waals surface area contributed by atoms with Gasteiger partial charge in [0.15, 0.2) is 11.7 Å². The summed E-state index contributed by atoms with van der Waals surface area (Å²) in [5.41, 5.74) is 16.6. The van der Waals surface area contributed by atoms with Gasteiger partial charge < -0.3 is 17.2 Å². The molecule has 1 aliphatic rings. The predicted octanol–water partition coefficient (Wildman–Crippen LogP) is 1.99. The van der Waals surface area contributed by atoms with Crippen molar-refractivity contribution in [3.8, 4) is 5.69 Å². The Kier molecular flexibility index (Phi) is 4.11. The maximum absolute atomic E-state index is 13.0. The number of aromatic nitrogens is 2. The lowest BCUT2D eigenvalue weighted by molar-refractivity contribution is -0.141. The van der Waals surface area contributed by atoms with Gasteiger partial charge in [-0.05, 0) is 43.2 Å². The number of hydrogen-bond acceptors (Lipinski definition) is 2. The molecule has 0 unspecified atom stereocenters. The zero-order chi connectivity index (χ0) is 18.2. The van der Waals surface area contributed by atoms with Crippen molar-refractivity contribution in [1.82, 2.24) is 9.78 Å². The molecule has 1 aliphatic carbocycles. The molecule has 1 aromatic heterocycles. The van der Waals surface area contributed by atoms with E-state index in [2.05, 4.69) is 15.1 Å². The monoisotopic (exact) mass is 351 g/mol. The van der Waals surface area contributed by atoms with Crippen molar-refractivity contribution in [3.05, 3.63) is 41.7 Å². The Morgan fingerprint density at radius 2 is 1.76 bits per heavy atom. The number of alkyl halides is 3. The lowest BCUT2D eigenvalue weighted by atomic mass is 10.2. The first-order chi connectivity index (χ1) is 11.7. The van der Waals surface area contributed by atoms with Gasteiger partial charge in [-0.25, -0.2) is 9.67 Å². The molecule has 1 heterocycles. The van der Waals surface area contributed by atoms with E-state index in [1.165, 1.54) is 4.68 Å². The molecule has 3 rings (SSSR count). The summed E-state index contributed by atoms with van der Waals surface area (Å²) in [4.78, 5) is 7.57. The number of guanidine groups is 2. The highest BCUT2D eigenvalue weighted by Crippen LogP contribution is 2.43. The molecular weight excluding hydrogens is 335 g/mol. The largest absolute Gasteiger partial charge is 0.435 e. The van der Waals surface area contributed by atoms with Gasteiger partial charge in [-0.2, -0.15) is 23.3 Å². The van der Waals surface area contributed by atoms with Gasteiger partial charge in [-0.15, -0.1) is 0 Å². The second-order valence-electron chi connectivity index (χ2n) is 5.66. The molecule has 2 aromatic rings. The Labute approximate surface area is 141 Å². The van der Waals surface area contributed by atoms with Crippen LogP contribution in [0.4, 0.5) is 18.9 Å². The third-order valence-electron chi connectivity index (χ3n) is 3.60. The minimum atomic E-state index is -4.48. The van der Waals surface area contributed by atoms with Crippen LogP contribution in [0.25, 0.3) is 5.69 Å². The third-order valence-corrected chi connectivity index (χ3v) is 3.60. The Bertz CT molecular complexity index is 826.